The predicted molar refractivity (Wildman–Crippen MR) is 162 cm³/mol. The molecule has 0 unspecified atom stereocenters. The summed E-state index contributed by atoms with van der Waals surface area (Å²) in [6.07, 6.45) is 7.18. The van der Waals surface area contributed by atoms with Gasteiger partial charge in [-0.2, -0.15) is 0 Å². The van der Waals surface area contributed by atoms with Crippen molar-refractivity contribution in [2.45, 2.75) is 116 Å². The van der Waals surface area contributed by atoms with E-state index in [-0.39, 0.29) is 0 Å². The lowest BCUT2D eigenvalue weighted by molar-refractivity contribution is 0.387. The van der Waals surface area contributed by atoms with E-state index in [9.17, 15) is 0 Å². The van der Waals surface area contributed by atoms with Crippen LogP contribution in [-0.4, -0.2) is 25.2 Å². The van der Waals surface area contributed by atoms with Gasteiger partial charge in [-0.15, -0.1) is 0 Å². The Morgan fingerprint density at radius 3 is 0.914 bits per heavy atom. The lowest BCUT2D eigenvalue weighted by atomic mass is 10.4. The molecule has 2 nitrogen and oxygen atoms in total. The molecule has 0 spiro atoms. The molecule has 2 rings (SSSR count). The second-order valence-electron chi connectivity index (χ2n) is 10.4. The van der Waals surface area contributed by atoms with E-state index in [1.807, 2.05) is 0 Å². The van der Waals surface area contributed by atoms with E-state index in [2.05, 4.69) is 102 Å². The minimum absolute atomic E-state index is 1.20. The number of benzene rings is 2. The van der Waals surface area contributed by atoms with Crippen LogP contribution < -0.4 is 10.4 Å². The van der Waals surface area contributed by atoms with Crippen molar-refractivity contribution >= 4 is 35.6 Å². The van der Waals surface area contributed by atoms with Crippen molar-refractivity contribution in [1.29, 1.82) is 0 Å². The highest BCUT2D eigenvalue weighted by molar-refractivity contribution is 7.03. The van der Waals surface area contributed by atoms with E-state index in [0.29, 0.717) is 0 Å². The summed E-state index contributed by atoms with van der Waals surface area (Å²) in [5, 5.41) is 2.62. The lowest BCUT2D eigenvalue weighted by Crippen LogP contribution is -2.71. The monoisotopic (exact) mass is 528 g/mol. The summed E-state index contributed by atoms with van der Waals surface area (Å²) in [5.41, 5.74) is 0. The molecule has 0 bridgehead atoms. The summed E-state index contributed by atoms with van der Waals surface area (Å²) in [6, 6.07) is 29.7. The Morgan fingerprint density at radius 2 is 0.686 bits per heavy atom. The first-order valence-corrected chi connectivity index (χ1v) is 21.4. The van der Waals surface area contributed by atoms with E-state index < -0.39 is 25.2 Å². The van der Waals surface area contributed by atoms with Gasteiger partial charge in [-0.1, -0.05) is 141 Å². The molecule has 0 atom stereocenters. The zero-order chi connectivity index (χ0) is 25.6. The van der Waals surface area contributed by atoms with Gasteiger partial charge in [0.25, 0.3) is 0 Å². The molecule has 2 aromatic carbocycles. The number of hydrogen-bond donors (Lipinski definition) is 0. The normalized spacial score (nSPS) is 12.7. The molecular weight excluding hydrogens is 477 g/mol. The van der Waals surface area contributed by atoms with Crippen molar-refractivity contribution < 1.29 is 8.23 Å². The van der Waals surface area contributed by atoms with Crippen LogP contribution in [0.2, 0.25) is 36.3 Å². The van der Waals surface area contributed by atoms with Crippen LogP contribution in [-0.2, 0) is 8.23 Å². The molecule has 2 aromatic rings. The van der Waals surface area contributed by atoms with Crippen molar-refractivity contribution in [2.75, 3.05) is 0 Å². The van der Waals surface area contributed by atoms with Gasteiger partial charge >= 0.3 is 8.56 Å². The topological polar surface area (TPSA) is 18.5 Å². The second kappa shape index (κ2) is 15.3. The Hall–Kier alpha value is -0.989. The van der Waals surface area contributed by atoms with Crippen LogP contribution in [0.4, 0.5) is 0 Å². The third kappa shape index (κ3) is 8.00. The van der Waals surface area contributed by atoms with Crippen molar-refractivity contribution in [3.05, 3.63) is 60.7 Å². The average molecular weight is 529 g/mol. The minimum atomic E-state index is -2.92. The van der Waals surface area contributed by atoms with E-state index in [4.69, 9.17) is 8.23 Å². The average Bonchev–Trinajstić information content (AvgIpc) is 2.86. The van der Waals surface area contributed by atoms with Crippen molar-refractivity contribution in [1.82, 2.24) is 0 Å². The molecule has 0 aliphatic heterocycles. The van der Waals surface area contributed by atoms with Crippen molar-refractivity contribution in [3.63, 3.8) is 0 Å². The van der Waals surface area contributed by atoms with Crippen LogP contribution in [0.15, 0.2) is 60.7 Å². The predicted octanol–water partition coefficient (Wildman–Crippen LogP) is 8.63. The molecule has 0 amide bonds. The minimum Gasteiger partial charge on any atom is -0.429 e. The Kier molecular flexibility index (Phi) is 13.2. The summed E-state index contributed by atoms with van der Waals surface area (Å²) < 4.78 is 15.8. The maximum Gasteiger partial charge on any atom is 0.386 e. The van der Waals surface area contributed by atoms with E-state index >= 15 is 0 Å². The second-order valence-corrected chi connectivity index (χ2v) is 22.2. The van der Waals surface area contributed by atoms with Crippen LogP contribution in [0.3, 0.4) is 0 Å². The van der Waals surface area contributed by atoms with Gasteiger partial charge in [-0.3, -0.25) is 0 Å². The first-order chi connectivity index (χ1) is 17.0. The fraction of sp³-hybridized carbons (Fsp3) is 0.600. The zero-order valence-corrected chi connectivity index (χ0v) is 26.6. The molecular formula is C30H52O2Si3. The third-order valence-corrected chi connectivity index (χ3v) is 23.7. The number of hydrogen-bond acceptors (Lipinski definition) is 2. The Morgan fingerprint density at radius 1 is 0.429 bits per heavy atom. The lowest BCUT2D eigenvalue weighted by Gasteiger charge is -2.47. The first-order valence-electron chi connectivity index (χ1n) is 14.5. The summed E-state index contributed by atoms with van der Waals surface area (Å²) in [4.78, 5) is 0. The van der Waals surface area contributed by atoms with Crippen LogP contribution in [0.5, 0.6) is 0 Å². The molecule has 196 valence electrons. The molecule has 0 saturated carbocycles. The molecule has 0 N–H and O–H groups in total. The first kappa shape index (κ1) is 30.2. The highest BCUT2D eigenvalue weighted by Gasteiger charge is 2.53. The smallest absolute Gasteiger partial charge is 0.386 e. The molecule has 35 heavy (non-hydrogen) atoms. The Balaban J connectivity index is 2.84. The summed E-state index contributed by atoms with van der Waals surface area (Å²) in [6.45, 7) is 14.1. The van der Waals surface area contributed by atoms with E-state index in [1.165, 1.54) is 85.2 Å². The quantitative estimate of drug-likeness (QED) is 0.180. The Labute approximate surface area is 220 Å². The van der Waals surface area contributed by atoms with Gasteiger partial charge in [-0.05, 0) is 46.6 Å². The molecule has 0 aliphatic carbocycles. The van der Waals surface area contributed by atoms with Gasteiger partial charge in [0.1, 0.15) is 0 Å². The molecule has 0 saturated heterocycles. The zero-order valence-electron chi connectivity index (χ0n) is 23.6. The largest absolute Gasteiger partial charge is 0.429 e. The van der Waals surface area contributed by atoms with Gasteiger partial charge in [0.05, 0.1) is 0 Å². The molecule has 0 fully saturated rings. The number of rotatable bonds is 18. The fourth-order valence-corrected chi connectivity index (χ4v) is 24.5. The maximum absolute atomic E-state index is 7.90. The van der Waals surface area contributed by atoms with Crippen molar-refractivity contribution in [2.24, 2.45) is 0 Å². The third-order valence-electron chi connectivity index (χ3n) is 7.26. The van der Waals surface area contributed by atoms with Crippen LogP contribution in [0.1, 0.15) is 80.1 Å². The molecule has 0 aliphatic rings. The van der Waals surface area contributed by atoms with Gasteiger partial charge < -0.3 is 8.23 Å². The Bertz CT molecular complexity index is 709. The fourth-order valence-electron chi connectivity index (χ4n) is 6.14. The maximum atomic E-state index is 7.90. The summed E-state index contributed by atoms with van der Waals surface area (Å²) >= 11 is 0. The highest BCUT2D eigenvalue weighted by Crippen LogP contribution is 2.36. The van der Waals surface area contributed by atoms with Gasteiger partial charge in [-0.25, -0.2) is 0 Å². The molecule has 0 heterocycles. The summed E-state index contributed by atoms with van der Waals surface area (Å²) in [5.74, 6) is 0. The molecule has 0 aromatic heterocycles. The van der Waals surface area contributed by atoms with E-state index in [0.717, 1.165) is 0 Å². The van der Waals surface area contributed by atoms with Crippen molar-refractivity contribution in [3.8, 4) is 0 Å². The van der Waals surface area contributed by atoms with Gasteiger partial charge in [0, 0.05) is 0 Å². The molecule has 5 heteroatoms. The summed E-state index contributed by atoms with van der Waals surface area (Å²) in [7, 11) is -6.93. The van der Waals surface area contributed by atoms with Gasteiger partial charge in [0.2, 0.25) is 0 Å². The van der Waals surface area contributed by atoms with Gasteiger partial charge in [0.15, 0.2) is 16.6 Å². The van der Waals surface area contributed by atoms with Crippen LogP contribution in [0.25, 0.3) is 0 Å². The van der Waals surface area contributed by atoms with E-state index in [1.54, 1.807) is 0 Å². The standard InChI is InChI=1S/C30H52O2Si3/c1-7-23-33(24-8-2,25-9-3)31-35(29-19-15-13-16-20-29,30-21-17-14-18-22-30)32-34(26-10-4,27-11-5)28-12-6/h13-22H,7-12,23-28H2,1-6H3. The van der Waals surface area contributed by atoms with Crippen LogP contribution in [0, 0.1) is 0 Å². The van der Waals surface area contributed by atoms with Crippen LogP contribution >= 0.6 is 0 Å². The molecule has 0 radical (unpaired) electrons. The highest BCUT2D eigenvalue weighted by atomic mass is 28.5. The SMILES string of the molecule is CCC[Si](CCC)(CCC)O[Si](O[Si](CCC)(CCC)CCC)(c1ccccc1)c1ccccc1.